The molecule has 1 radical (unpaired) electrons. The van der Waals surface area contributed by atoms with Crippen molar-refractivity contribution in [3.05, 3.63) is 40.7 Å². The summed E-state index contributed by atoms with van der Waals surface area (Å²) in [6, 6.07) is 5.94. The third-order valence-electron chi connectivity index (χ3n) is 1.97. The minimum atomic E-state index is -0.0255. The van der Waals surface area contributed by atoms with E-state index < -0.39 is 0 Å². The Labute approximate surface area is 81.6 Å². The van der Waals surface area contributed by atoms with Crippen molar-refractivity contribution in [1.82, 2.24) is 0 Å². The van der Waals surface area contributed by atoms with Gasteiger partial charge < -0.3 is 5.11 Å². The summed E-state index contributed by atoms with van der Waals surface area (Å²) in [5.74, 6) is -0.0255. The summed E-state index contributed by atoms with van der Waals surface area (Å²) < 4.78 is 1.07. The summed E-state index contributed by atoms with van der Waals surface area (Å²) in [5.41, 5.74) is 2.26. The molecule has 0 aromatic heterocycles. The highest BCUT2D eigenvalue weighted by atomic mass is 79.9. The van der Waals surface area contributed by atoms with Gasteiger partial charge in [0.2, 0.25) is 0 Å². The Morgan fingerprint density at radius 3 is 2.83 bits per heavy atom. The third-order valence-corrected chi connectivity index (χ3v) is 2.83. The molecule has 0 heterocycles. The van der Waals surface area contributed by atoms with Crippen LogP contribution in [0, 0.1) is 13.8 Å². The first-order valence-corrected chi connectivity index (χ1v) is 4.65. The van der Waals surface area contributed by atoms with Gasteiger partial charge in [0.15, 0.2) is 0 Å². The van der Waals surface area contributed by atoms with Gasteiger partial charge >= 0.3 is 0 Å². The molecule has 0 aliphatic carbocycles. The van der Waals surface area contributed by atoms with E-state index >= 15 is 0 Å². The SMILES string of the molecule is [CH2]C(CO)c1cccc(Br)c1C. The highest BCUT2D eigenvalue weighted by molar-refractivity contribution is 9.10. The predicted molar refractivity (Wildman–Crippen MR) is 54.1 cm³/mol. The third kappa shape index (κ3) is 1.87. The number of aliphatic hydroxyl groups is 1. The van der Waals surface area contributed by atoms with Crippen molar-refractivity contribution in [2.24, 2.45) is 0 Å². The van der Waals surface area contributed by atoms with E-state index in [-0.39, 0.29) is 12.5 Å². The molecule has 0 fully saturated rings. The van der Waals surface area contributed by atoms with Crippen molar-refractivity contribution < 1.29 is 5.11 Å². The van der Waals surface area contributed by atoms with Gasteiger partial charge in [0.1, 0.15) is 0 Å². The zero-order valence-electron chi connectivity index (χ0n) is 7.05. The van der Waals surface area contributed by atoms with Crippen molar-refractivity contribution in [2.75, 3.05) is 6.61 Å². The number of benzene rings is 1. The lowest BCUT2D eigenvalue weighted by atomic mass is 9.97. The molecule has 0 aliphatic heterocycles. The molecule has 1 rings (SSSR count). The number of hydrogen-bond acceptors (Lipinski definition) is 1. The van der Waals surface area contributed by atoms with Gasteiger partial charge in [0.05, 0.1) is 0 Å². The smallest absolute Gasteiger partial charge is 0.0499 e. The summed E-state index contributed by atoms with van der Waals surface area (Å²) >= 11 is 3.43. The number of hydrogen-bond donors (Lipinski definition) is 1. The van der Waals surface area contributed by atoms with Gasteiger partial charge in [-0.05, 0) is 31.0 Å². The zero-order chi connectivity index (χ0) is 9.14. The molecule has 65 valence electrons. The molecule has 1 unspecified atom stereocenters. The van der Waals surface area contributed by atoms with Crippen molar-refractivity contribution in [1.29, 1.82) is 0 Å². The largest absolute Gasteiger partial charge is 0.396 e. The normalized spacial score (nSPS) is 13.0. The van der Waals surface area contributed by atoms with Crippen LogP contribution in [0.2, 0.25) is 0 Å². The molecule has 0 aliphatic rings. The number of aliphatic hydroxyl groups excluding tert-OH is 1. The van der Waals surface area contributed by atoms with Crippen LogP contribution in [0.4, 0.5) is 0 Å². The Kier molecular flexibility index (Phi) is 3.29. The maximum absolute atomic E-state index is 8.93. The molecule has 2 heteroatoms. The van der Waals surface area contributed by atoms with Crippen molar-refractivity contribution >= 4 is 15.9 Å². The maximum Gasteiger partial charge on any atom is 0.0499 e. The quantitative estimate of drug-likeness (QED) is 0.824. The van der Waals surface area contributed by atoms with Crippen molar-refractivity contribution in [2.45, 2.75) is 12.8 Å². The minimum absolute atomic E-state index is 0.0255. The Morgan fingerprint density at radius 1 is 1.58 bits per heavy atom. The minimum Gasteiger partial charge on any atom is -0.396 e. The standard InChI is InChI=1S/C10H12BrO/c1-7(6-12)9-4-3-5-10(11)8(9)2/h3-5,7,12H,1,6H2,2H3. The predicted octanol–water partition coefficient (Wildman–Crippen LogP) is 2.67. The van der Waals surface area contributed by atoms with E-state index in [0.29, 0.717) is 0 Å². The van der Waals surface area contributed by atoms with E-state index in [2.05, 4.69) is 22.9 Å². The van der Waals surface area contributed by atoms with Crippen LogP contribution in [-0.4, -0.2) is 11.7 Å². The molecular weight excluding hydrogens is 216 g/mol. The van der Waals surface area contributed by atoms with E-state index in [1.807, 2.05) is 25.1 Å². The van der Waals surface area contributed by atoms with E-state index in [4.69, 9.17) is 5.11 Å². The summed E-state index contributed by atoms with van der Waals surface area (Å²) in [7, 11) is 0. The van der Waals surface area contributed by atoms with E-state index in [0.717, 1.165) is 15.6 Å². The molecule has 1 aromatic rings. The van der Waals surface area contributed by atoms with Gasteiger partial charge in [0, 0.05) is 17.0 Å². The van der Waals surface area contributed by atoms with Gasteiger partial charge in [-0.2, -0.15) is 0 Å². The summed E-state index contributed by atoms with van der Waals surface area (Å²) in [5, 5.41) is 8.93. The fourth-order valence-electron chi connectivity index (χ4n) is 1.16. The Morgan fingerprint density at radius 2 is 2.25 bits per heavy atom. The zero-order valence-corrected chi connectivity index (χ0v) is 8.63. The molecule has 1 nitrogen and oxygen atoms in total. The summed E-state index contributed by atoms with van der Waals surface area (Å²) in [6.07, 6.45) is 0. The molecule has 1 aromatic carbocycles. The van der Waals surface area contributed by atoms with Gasteiger partial charge in [-0.1, -0.05) is 28.1 Å². The highest BCUT2D eigenvalue weighted by Crippen LogP contribution is 2.24. The first kappa shape index (κ1) is 9.75. The first-order chi connectivity index (χ1) is 5.66. The molecule has 1 atom stereocenters. The lowest BCUT2D eigenvalue weighted by molar-refractivity contribution is 0.282. The lowest BCUT2D eigenvalue weighted by Crippen LogP contribution is -2.01. The van der Waals surface area contributed by atoms with Crippen LogP contribution >= 0.6 is 15.9 Å². The fraction of sp³-hybridized carbons (Fsp3) is 0.300. The van der Waals surface area contributed by atoms with Gasteiger partial charge in [0.25, 0.3) is 0 Å². The molecule has 0 bridgehead atoms. The van der Waals surface area contributed by atoms with Crippen LogP contribution < -0.4 is 0 Å². The van der Waals surface area contributed by atoms with Crippen LogP contribution in [0.5, 0.6) is 0 Å². The van der Waals surface area contributed by atoms with Crippen LogP contribution in [0.1, 0.15) is 17.0 Å². The average molecular weight is 228 g/mol. The Balaban J connectivity index is 3.07. The molecule has 0 saturated heterocycles. The molecular formula is C10H12BrO. The Bertz CT molecular complexity index is 271. The van der Waals surface area contributed by atoms with Crippen LogP contribution in [0.15, 0.2) is 22.7 Å². The van der Waals surface area contributed by atoms with Crippen LogP contribution in [-0.2, 0) is 0 Å². The molecule has 0 spiro atoms. The van der Waals surface area contributed by atoms with E-state index in [1.165, 1.54) is 0 Å². The van der Waals surface area contributed by atoms with Gasteiger partial charge in [-0.3, -0.25) is 0 Å². The monoisotopic (exact) mass is 227 g/mol. The highest BCUT2D eigenvalue weighted by Gasteiger charge is 2.08. The van der Waals surface area contributed by atoms with Gasteiger partial charge in [-0.25, -0.2) is 0 Å². The first-order valence-electron chi connectivity index (χ1n) is 3.85. The van der Waals surface area contributed by atoms with Gasteiger partial charge in [-0.15, -0.1) is 0 Å². The number of halogens is 1. The summed E-state index contributed by atoms with van der Waals surface area (Å²) in [4.78, 5) is 0. The second-order valence-corrected chi connectivity index (χ2v) is 3.69. The van der Waals surface area contributed by atoms with Crippen molar-refractivity contribution in [3.8, 4) is 0 Å². The number of rotatable bonds is 2. The van der Waals surface area contributed by atoms with E-state index in [9.17, 15) is 0 Å². The van der Waals surface area contributed by atoms with E-state index in [1.54, 1.807) is 0 Å². The molecule has 12 heavy (non-hydrogen) atoms. The topological polar surface area (TPSA) is 20.2 Å². The molecule has 1 N–H and O–H groups in total. The average Bonchev–Trinajstić information content (AvgIpc) is 2.08. The molecule has 0 amide bonds. The molecule has 0 saturated carbocycles. The van der Waals surface area contributed by atoms with Crippen LogP contribution in [0.3, 0.4) is 0 Å². The lowest BCUT2D eigenvalue weighted by Gasteiger charge is -2.12. The maximum atomic E-state index is 8.93. The second kappa shape index (κ2) is 4.06. The van der Waals surface area contributed by atoms with Crippen LogP contribution in [0.25, 0.3) is 0 Å². The Hall–Kier alpha value is -0.340. The van der Waals surface area contributed by atoms with Crippen molar-refractivity contribution in [3.63, 3.8) is 0 Å². The fourth-order valence-corrected chi connectivity index (χ4v) is 1.55. The second-order valence-electron chi connectivity index (χ2n) is 2.83. The summed E-state index contributed by atoms with van der Waals surface area (Å²) in [6.45, 7) is 5.97.